The number of aromatic hydroxyl groups is 1. The molecule has 2 aromatic carbocycles. The number of methoxy groups -OCH3 is 3. The summed E-state index contributed by atoms with van der Waals surface area (Å²) in [6.45, 7) is 0.887. The van der Waals surface area contributed by atoms with Crippen LogP contribution < -0.4 is 14.2 Å². The lowest BCUT2D eigenvalue weighted by molar-refractivity contribution is -0.134. The minimum absolute atomic E-state index is 0.0262. The number of hydrogen-bond donors (Lipinski definition) is 1. The van der Waals surface area contributed by atoms with Crippen molar-refractivity contribution in [3.8, 4) is 23.0 Å². The van der Waals surface area contributed by atoms with Crippen LogP contribution in [0.1, 0.15) is 22.7 Å². The van der Waals surface area contributed by atoms with Crippen LogP contribution in [0.5, 0.6) is 23.0 Å². The number of benzene rings is 2. The molecular weight excluding hydrogens is 384 g/mol. The summed E-state index contributed by atoms with van der Waals surface area (Å²) in [5.41, 5.74) is 2.74. The van der Waals surface area contributed by atoms with Gasteiger partial charge in [-0.1, -0.05) is 12.1 Å². The summed E-state index contributed by atoms with van der Waals surface area (Å²) in [5, 5.41) is 11.1. The van der Waals surface area contributed by atoms with Crippen molar-refractivity contribution in [1.82, 2.24) is 9.80 Å². The van der Waals surface area contributed by atoms with Gasteiger partial charge < -0.3 is 29.1 Å². The Morgan fingerprint density at radius 3 is 2.40 bits per heavy atom. The maximum absolute atomic E-state index is 13.0. The van der Waals surface area contributed by atoms with E-state index in [1.807, 2.05) is 54.2 Å². The van der Waals surface area contributed by atoms with E-state index in [0.717, 1.165) is 22.4 Å². The molecule has 1 amide bonds. The SMILES string of the molecule is COc1ccc(CC2c3c(cc(OC)c(OC)c3O)CCN2C(=O)CN(C)C)cc1. The highest BCUT2D eigenvalue weighted by atomic mass is 16.5. The molecule has 1 heterocycles. The van der Waals surface area contributed by atoms with Crippen molar-refractivity contribution in [2.45, 2.75) is 18.9 Å². The van der Waals surface area contributed by atoms with Gasteiger partial charge in [-0.05, 0) is 56.3 Å². The van der Waals surface area contributed by atoms with Gasteiger partial charge in [0.2, 0.25) is 11.7 Å². The fourth-order valence-corrected chi connectivity index (χ4v) is 4.03. The molecule has 0 saturated heterocycles. The zero-order valence-electron chi connectivity index (χ0n) is 18.3. The second-order valence-corrected chi connectivity index (χ2v) is 7.68. The van der Waals surface area contributed by atoms with Crippen molar-refractivity contribution in [2.75, 3.05) is 48.5 Å². The predicted octanol–water partition coefficient (Wildman–Crippen LogP) is 2.65. The first-order valence-corrected chi connectivity index (χ1v) is 9.93. The number of rotatable bonds is 7. The van der Waals surface area contributed by atoms with Crippen LogP contribution in [0.25, 0.3) is 0 Å². The van der Waals surface area contributed by atoms with Gasteiger partial charge in [0.15, 0.2) is 11.5 Å². The summed E-state index contributed by atoms with van der Waals surface area (Å²) >= 11 is 0. The largest absolute Gasteiger partial charge is 0.504 e. The van der Waals surface area contributed by atoms with E-state index in [1.165, 1.54) is 7.11 Å². The number of nitrogens with zero attached hydrogens (tertiary/aromatic N) is 2. The van der Waals surface area contributed by atoms with Gasteiger partial charge in [-0.2, -0.15) is 0 Å². The molecule has 0 spiro atoms. The van der Waals surface area contributed by atoms with Crippen LogP contribution in [0, 0.1) is 0 Å². The summed E-state index contributed by atoms with van der Waals surface area (Å²) < 4.78 is 16.1. The van der Waals surface area contributed by atoms with E-state index in [0.29, 0.717) is 31.7 Å². The molecule has 30 heavy (non-hydrogen) atoms. The molecule has 0 bridgehead atoms. The van der Waals surface area contributed by atoms with Gasteiger partial charge in [0.25, 0.3) is 0 Å². The Kier molecular flexibility index (Phi) is 6.72. The molecule has 1 N–H and O–H groups in total. The number of hydrogen-bond acceptors (Lipinski definition) is 6. The van der Waals surface area contributed by atoms with Gasteiger partial charge in [0.05, 0.1) is 33.9 Å². The van der Waals surface area contributed by atoms with Crippen molar-refractivity contribution < 1.29 is 24.1 Å². The average molecular weight is 415 g/mol. The molecule has 0 aliphatic carbocycles. The van der Waals surface area contributed by atoms with Crippen LogP contribution >= 0.6 is 0 Å². The predicted molar refractivity (Wildman–Crippen MR) is 115 cm³/mol. The molecule has 162 valence electrons. The Morgan fingerprint density at radius 2 is 1.83 bits per heavy atom. The molecular formula is C23H30N2O5. The Morgan fingerprint density at radius 1 is 1.13 bits per heavy atom. The lowest BCUT2D eigenvalue weighted by atomic mass is 9.87. The summed E-state index contributed by atoms with van der Waals surface area (Å²) in [7, 11) is 8.43. The Bertz CT molecular complexity index is 895. The van der Waals surface area contributed by atoms with Crippen molar-refractivity contribution in [2.24, 2.45) is 0 Å². The van der Waals surface area contributed by atoms with E-state index >= 15 is 0 Å². The highest BCUT2D eigenvalue weighted by molar-refractivity contribution is 5.79. The third-order valence-corrected chi connectivity index (χ3v) is 5.46. The fraction of sp³-hybridized carbons (Fsp3) is 0.435. The van der Waals surface area contributed by atoms with Crippen LogP contribution in [0.2, 0.25) is 0 Å². The number of ether oxygens (including phenoxy) is 3. The quantitative estimate of drug-likeness (QED) is 0.751. The minimum atomic E-state index is -0.311. The Balaban J connectivity index is 2.07. The molecule has 7 heteroatoms. The van der Waals surface area contributed by atoms with Crippen molar-refractivity contribution in [3.63, 3.8) is 0 Å². The van der Waals surface area contributed by atoms with Crippen LogP contribution in [0.3, 0.4) is 0 Å². The lowest BCUT2D eigenvalue weighted by Crippen LogP contribution is -2.44. The smallest absolute Gasteiger partial charge is 0.237 e. The van der Waals surface area contributed by atoms with E-state index < -0.39 is 0 Å². The van der Waals surface area contributed by atoms with Crippen molar-refractivity contribution in [1.29, 1.82) is 0 Å². The van der Waals surface area contributed by atoms with E-state index in [2.05, 4.69) is 0 Å². The zero-order valence-corrected chi connectivity index (χ0v) is 18.3. The van der Waals surface area contributed by atoms with Crippen LogP contribution in [-0.4, -0.2) is 69.3 Å². The van der Waals surface area contributed by atoms with E-state index in [9.17, 15) is 9.90 Å². The average Bonchev–Trinajstić information content (AvgIpc) is 2.73. The molecule has 2 aromatic rings. The van der Waals surface area contributed by atoms with Gasteiger partial charge in [-0.3, -0.25) is 4.79 Å². The van der Waals surface area contributed by atoms with Gasteiger partial charge in [-0.15, -0.1) is 0 Å². The molecule has 0 fully saturated rings. The molecule has 3 rings (SSSR count). The zero-order chi connectivity index (χ0) is 21.8. The fourth-order valence-electron chi connectivity index (χ4n) is 4.03. The second kappa shape index (κ2) is 9.26. The number of phenols is 1. The molecule has 0 saturated carbocycles. The summed E-state index contributed by atoms with van der Waals surface area (Å²) in [4.78, 5) is 16.8. The van der Waals surface area contributed by atoms with Gasteiger partial charge in [-0.25, -0.2) is 0 Å². The summed E-state index contributed by atoms with van der Waals surface area (Å²) in [6, 6.07) is 9.37. The first kappa shape index (κ1) is 21.8. The van der Waals surface area contributed by atoms with Gasteiger partial charge in [0.1, 0.15) is 5.75 Å². The third kappa shape index (κ3) is 4.31. The molecule has 7 nitrogen and oxygen atoms in total. The number of phenolic OH excluding ortho intramolecular Hbond substituents is 1. The van der Waals surface area contributed by atoms with Crippen molar-refractivity contribution in [3.05, 3.63) is 47.0 Å². The highest BCUT2D eigenvalue weighted by Crippen LogP contribution is 2.47. The van der Waals surface area contributed by atoms with Crippen molar-refractivity contribution >= 4 is 5.91 Å². The standard InChI is InChI=1S/C23H30N2O5/c1-24(2)14-20(26)25-11-10-16-13-19(29-4)23(30-5)22(27)21(16)18(25)12-15-6-8-17(28-3)9-7-15/h6-9,13,18,27H,10-12,14H2,1-5H3. The van der Waals surface area contributed by atoms with Gasteiger partial charge >= 0.3 is 0 Å². The normalized spacial score (nSPS) is 15.7. The molecule has 1 atom stereocenters. The molecule has 0 aromatic heterocycles. The number of likely N-dealkylation sites (N-methyl/N-ethyl adjacent to an activating group) is 1. The maximum atomic E-state index is 13.0. The van der Waals surface area contributed by atoms with E-state index in [-0.39, 0.29) is 23.4 Å². The minimum Gasteiger partial charge on any atom is -0.504 e. The first-order valence-electron chi connectivity index (χ1n) is 9.93. The third-order valence-electron chi connectivity index (χ3n) is 5.46. The molecule has 1 unspecified atom stereocenters. The van der Waals surface area contributed by atoms with E-state index in [4.69, 9.17) is 14.2 Å². The van der Waals surface area contributed by atoms with Crippen LogP contribution in [-0.2, 0) is 17.6 Å². The number of carbonyl (C=O) groups is 1. The topological polar surface area (TPSA) is 71.5 Å². The number of carbonyl (C=O) groups excluding carboxylic acids is 1. The summed E-state index contributed by atoms with van der Waals surface area (Å²) in [6.07, 6.45) is 1.21. The molecule has 0 radical (unpaired) electrons. The Labute approximate surface area is 177 Å². The summed E-state index contributed by atoms with van der Waals surface area (Å²) in [5.74, 6) is 1.62. The monoisotopic (exact) mass is 414 g/mol. The molecule has 1 aliphatic heterocycles. The molecule has 1 aliphatic rings. The number of fused-ring (bicyclic) bond motifs is 1. The highest BCUT2D eigenvalue weighted by Gasteiger charge is 2.35. The lowest BCUT2D eigenvalue weighted by Gasteiger charge is -2.39. The number of amides is 1. The maximum Gasteiger partial charge on any atom is 0.237 e. The van der Waals surface area contributed by atoms with E-state index in [1.54, 1.807) is 14.2 Å². The Hall–Kier alpha value is -2.93. The first-order chi connectivity index (χ1) is 14.4. The van der Waals surface area contributed by atoms with Crippen LogP contribution in [0.4, 0.5) is 0 Å². The van der Waals surface area contributed by atoms with Crippen LogP contribution in [0.15, 0.2) is 30.3 Å². The van der Waals surface area contributed by atoms with Gasteiger partial charge in [0, 0.05) is 12.1 Å². The second-order valence-electron chi connectivity index (χ2n) is 7.68.